The van der Waals surface area contributed by atoms with Crippen LogP contribution in [0.2, 0.25) is 5.02 Å². The third-order valence-corrected chi connectivity index (χ3v) is 5.69. The topological polar surface area (TPSA) is 136 Å². The Bertz CT molecular complexity index is 1600. The quantitative estimate of drug-likeness (QED) is 0.274. The van der Waals surface area contributed by atoms with Crippen molar-refractivity contribution in [3.63, 3.8) is 0 Å². The molecule has 0 aliphatic carbocycles. The van der Waals surface area contributed by atoms with Crippen molar-refractivity contribution in [3.05, 3.63) is 75.3 Å². The summed E-state index contributed by atoms with van der Waals surface area (Å²) in [5, 5.41) is 8.82. The average Bonchev–Trinajstić information content (AvgIpc) is 3.48. The Morgan fingerprint density at radius 3 is 2.45 bits per heavy atom. The van der Waals surface area contributed by atoms with E-state index in [9.17, 15) is 27.6 Å². The van der Waals surface area contributed by atoms with Gasteiger partial charge in [-0.2, -0.15) is 17.9 Å². The maximum Gasteiger partial charge on any atom is 0.390 e. The minimum atomic E-state index is -4.52. The van der Waals surface area contributed by atoms with E-state index >= 15 is 0 Å². The lowest BCUT2D eigenvalue weighted by atomic mass is 10.2. The Labute approximate surface area is 228 Å². The molecule has 0 amide bonds. The van der Waals surface area contributed by atoms with Crippen LogP contribution in [0.15, 0.2) is 47.4 Å². The van der Waals surface area contributed by atoms with Crippen molar-refractivity contribution in [2.45, 2.75) is 32.6 Å². The second-order valence-electron chi connectivity index (χ2n) is 8.14. The van der Waals surface area contributed by atoms with Crippen molar-refractivity contribution < 1.29 is 32.2 Å². The molecule has 0 atom stereocenters. The van der Waals surface area contributed by atoms with Gasteiger partial charge < -0.3 is 9.47 Å². The minimum absolute atomic E-state index is 0.0235. The van der Waals surface area contributed by atoms with Gasteiger partial charge in [0.1, 0.15) is 12.1 Å². The standard InChI is InChI=1S/C24H21ClF3N7O5/c1-3-40-21(36)16-5-4-11-29-19(16)35-20(22(37)39-2)30-17(31-35)13-34-23(38)33(12-10-24(26,27)28)18(32-34)14-6-8-15(25)9-7-14/h4-9,11H,3,10,12-13H2,1-2H3. The minimum Gasteiger partial charge on any atom is -0.463 e. The maximum atomic E-state index is 13.2. The van der Waals surface area contributed by atoms with Gasteiger partial charge in [-0.3, -0.25) is 4.57 Å². The summed E-state index contributed by atoms with van der Waals surface area (Å²) in [5.41, 5.74) is -0.538. The summed E-state index contributed by atoms with van der Waals surface area (Å²) in [6.45, 7) is 0.574. The lowest BCUT2D eigenvalue weighted by Crippen LogP contribution is -2.27. The SMILES string of the molecule is CCOC(=O)c1cccnc1-n1nc(Cn2nc(-c3ccc(Cl)cc3)n(CCC(F)(F)F)c2=O)nc1C(=O)OC. The summed E-state index contributed by atoms with van der Waals surface area (Å²) in [4.78, 5) is 46.4. The van der Waals surface area contributed by atoms with E-state index < -0.39 is 43.3 Å². The molecule has 16 heteroatoms. The molecule has 0 bridgehead atoms. The molecule has 210 valence electrons. The second kappa shape index (κ2) is 11.7. The monoisotopic (exact) mass is 579 g/mol. The van der Waals surface area contributed by atoms with E-state index in [1.54, 1.807) is 6.92 Å². The molecule has 0 radical (unpaired) electrons. The number of hydrogen-bond acceptors (Lipinski definition) is 9. The van der Waals surface area contributed by atoms with E-state index in [-0.39, 0.29) is 35.5 Å². The van der Waals surface area contributed by atoms with Gasteiger partial charge in [-0.25, -0.2) is 29.0 Å². The van der Waals surface area contributed by atoms with Crippen LogP contribution in [0.3, 0.4) is 0 Å². The number of aromatic nitrogens is 7. The van der Waals surface area contributed by atoms with Crippen molar-refractivity contribution in [1.29, 1.82) is 0 Å². The van der Waals surface area contributed by atoms with Crippen LogP contribution in [0.25, 0.3) is 17.2 Å². The zero-order valence-electron chi connectivity index (χ0n) is 21.1. The summed E-state index contributed by atoms with van der Waals surface area (Å²) < 4.78 is 51.5. The lowest BCUT2D eigenvalue weighted by molar-refractivity contribution is -0.136. The van der Waals surface area contributed by atoms with Crippen LogP contribution in [0.4, 0.5) is 13.2 Å². The van der Waals surface area contributed by atoms with Crippen molar-refractivity contribution >= 4 is 23.5 Å². The zero-order valence-corrected chi connectivity index (χ0v) is 21.8. The highest BCUT2D eigenvalue weighted by Crippen LogP contribution is 2.23. The first kappa shape index (κ1) is 28.5. The van der Waals surface area contributed by atoms with Crippen molar-refractivity contribution in [2.75, 3.05) is 13.7 Å². The molecule has 1 aromatic carbocycles. The lowest BCUT2D eigenvalue weighted by Gasteiger charge is -2.08. The maximum absolute atomic E-state index is 13.2. The number of carbonyl (C=O) groups excluding carboxylic acids is 2. The molecule has 4 rings (SSSR count). The summed E-state index contributed by atoms with van der Waals surface area (Å²) in [5.74, 6) is -2.29. The summed E-state index contributed by atoms with van der Waals surface area (Å²) in [6.07, 6.45) is -4.44. The van der Waals surface area contributed by atoms with Crippen LogP contribution in [0.5, 0.6) is 0 Å². The van der Waals surface area contributed by atoms with Gasteiger partial charge in [0.25, 0.3) is 0 Å². The Balaban J connectivity index is 1.79. The molecule has 3 aromatic heterocycles. The molecule has 3 heterocycles. The van der Waals surface area contributed by atoms with Crippen LogP contribution < -0.4 is 5.69 Å². The molecule has 40 heavy (non-hydrogen) atoms. The molecule has 0 saturated heterocycles. The second-order valence-corrected chi connectivity index (χ2v) is 8.57. The summed E-state index contributed by atoms with van der Waals surface area (Å²) in [7, 11) is 1.11. The fourth-order valence-corrected chi connectivity index (χ4v) is 3.78. The first-order valence-electron chi connectivity index (χ1n) is 11.7. The van der Waals surface area contributed by atoms with Gasteiger partial charge >= 0.3 is 23.8 Å². The van der Waals surface area contributed by atoms with Crippen molar-refractivity contribution in [3.8, 4) is 17.2 Å². The molecule has 12 nitrogen and oxygen atoms in total. The zero-order chi connectivity index (χ0) is 29.0. The van der Waals surface area contributed by atoms with Crippen molar-refractivity contribution in [2.24, 2.45) is 0 Å². The molecule has 0 unspecified atom stereocenters. The smallest absolute Gasteiger partial charge is 0.390 e. The molecule has 0 aliphatic rings. The molecule has 0 N–H and O–H groups in total. The Hall–Kier alpha value is -4.53. The molecular weight excluding hydrogens is 559 g/mol. The van der Waals surface area contributed by atoms with Crippen LogP contribution in [-0.4, -0.2) is 65.9 Å². The number of methoxy groups -OCH3 is 1. The number of esters is 2. The summed E-state index contributed by atoms with van der Waals surface area (Å²) in [6, 6.07) is 8.94. The molecule has 0 saturated carbocycles. The van der Waals surface area contributed by atoms with E-state index in [4.69, 9.17) is 21.1 Å². The number of carbonyl (C=O) groups is 2. The molecule has 0 aliphatic heterocycles. The average molecular weight is 580 g/mol. The fraction of sp³-hybridized carbons (Fsp3) is 0.292. The molecule has 0 fully saturated rings. The summed E-state index contributed by atoms with van der Waals surface area (Å²) >= 11 is 5.92. The fourth-order valence-electron chi connectivity index (χ4n) is 3.66. The largest absolute Gasteiger partial charge is 0.463 e. The van der Waals surface area contributed by atoms with E-state index in [1.165, 1.54) is 42.6 Å². The highest BCUT2D eigenvalue weighted by atomic mass is 35.5. The molecule has 4 aromatic rings. The first-order chi connectivity index (χ1) is 19.0. The third kappa shape index (κ3) is 6.20. The highest BCUT2D eigenvalue weighted by Gasteiger charge is 2.29. The predicted octanol–water partition coefficient (Wildman–Crippen LogP) is 3.30. The number of nitrogens with zero attached hydrogens (tertiary/aromatic N) is 7. The Morgan fingerprint density at radius 1 is 1.07 bits per heavy atom. The number of rotatable bonds is 9. The van der Waals surface area contributed by atoms with E-state index in [0.717, 1.165) is 21.0 Å². The number of alkyl halides is 3. The van der Waals surface area contributed by atoms with E-state index in [2.05, 4.69) is 20.2 Å². The number of hydrogen-bond donors (Lipinski definition) is 0. The third-order valence-electron chi connectivity index (χ3n) is 5.44. The van der Waals surface area contributed by atoms with Gasteiger partial charge in [0.05, 0.1) is 20.1 Å². The van der Waals surface area contributed by atoms with Gasteiger partial charge in [0, 0.05) is 23.3 Å². The predicted molar refractivity (Wildman–Crippen MR) is 133 cm³/mol. The Kier molecular flexibility index (Phi) is 8.32. The van der Waals surface area contributed by atoms with Gasteiger partial charge in [-0.1, -0.05) is 11.6 Å². The first-order valence-corrected chi connectivity index (χ1v) is 12.1. The van der Waals surface area contributed by atoms with Crippen molar-refractivity contribution in [1.82, 2.24) is 34.1 Å². The number of halogens is 4. The van der Waals surface area contributed by atoms with Gasteiger partial charge in [0.2, 0.25) is 5.82 Å². The normalized spacial score (nSPS) is 11.4. The molecular formula is C24H21ClF3N7O5. The van der Waals surface area contributed by atoms with E-state index in [0.29, 0.717) is 10.6 Å². The van der Waals surface area contributed by atoms with Gasteiger partial charge in [0.15, 0.2) is 17.5 Å². The van der Waals surface area contributed by atoms with Gasteiger partial charge in [-0.15, -0.1) is 10.2 Å². The van der Waals surface area contributed by atoms with Gasteiger partial charge in [-0.05, 0) is 43.3 Å². The number of pyridine rings is 1. The van der Waals surface area contributed by atoms with Crippen LogP contribution >= 0.6 is 11.6 Å². The Morgan fingerprint density at radius 2 is 1.80 bits per heavy atom. The van der Waals surface area contributed by atoms with Crippen LogP contribution in [0.1, 0.15) is 40.1 Å². The highest BCUT2D eigenvalue weighted by molar-refractivity contribution is 6.30. The number of benzene rings is 1. The van der Waals surface area contributed by atoms with E-state index in [1.807, 2.05) is 0 Å². The number of ether oxygens (including phenoxy) is 2. The molecule has 0 spiro atoms. The van der Waals surface area contributed by atoms with Crippen LogP contribution in [-0.2, 0) is 22.6 Å². The van der Waals surface area contributed by atoms with Crippen LogP contribution in [0, 0.1) is 0 Å².